The van der Waals surface area contributed by atoms with Crippen LogP contribution in [0.5, 0.6) is 0 Å². The molecular formula is C15H23N3. The first kappa shape index (κ1) is 11.8. The highest BCUT2D eigenvalue weighted by Gasteiger charge is 2.38. The van der Waals surface area contributed by atoms with Crippen molar-refractivity contribution < 1.29 is 0 Å². The second-order valence-electron chi connectivity index (χ2n) is 5.91. The molecule has 3 nitrogen and oxygen atoms in total. The van der Waals surface area contributed by atoms with Gasteiger partial charge in [-0.3, -0.25) is 4.98 Å². The summed E-state index contributed by atoms with van der Waals surface area (Å²) in [6.07, 6.45) is 12.4. The Kier molecular flexibility index (Phi) is 3.14. The molecule has 3 heteroatoms. The summed E-state index contributed by atoms with van der Waals surface area (Å²) >= 11 is 0. The van der Waals surface area contributed by atoms with Crippen LogP contribution in [-0.2, 0) is 0 Å². The molecule has 1 saturated carbocycles. The quantitative estimate of drug-likeness (QED) is 0.866. The largest absolute Gasteiger partial charge is 0.387 e. The molecule has 2 aliphatic rings. The predicted octanol–water partition coefficient (Wildman–Crippen LogP) is 3.28. The van der Waals surface area contributed by atoms with Crippen LogP contribution < -0.4 is 10.2 Å². The molecule has 0 unspecified atom stereocenters. The zero-order valence-electron chi connectivity index (χ0n) is 11.3. The molecule has 2 fully saturated rings. The van der Waals surface area contributed by atoms with Crippen LogP contribution >= 0.6 is 0 Å². The maximum absolute atomic E-state index is 4.33. The third kappa shape index (κ3) is 2.18. The van der Waals surface area contributed by atoms with Crippen molar-refractivity contribution >= 4 is 11.4 Å². The number of hydrogen-bond donors (Lipinski definition) is 1. The topological polar surface area (TPSA) is 28.2 Å². The van der Waals surface area contributed by atoms with Gasteiger partial charge in [0.05, 0.1) is 23.8 Å². The lowest BCUT2D eigenvalue weighted by Gasteiger charge is -2.33. The fraction of sp³-hybridized carbons (Fsp3) is 0.667. The molecule has 1 aliphatic carbocycles. The van der Waals surface area contributed by atoms with Crippen molar-refractivity contribution in [2.75, 3.05) is 30.4 Å². The Morgan fingerprint density at radius 1 is 1.17 bits per heavy atom. The predicted molar refractivity (Wildman–Crippen MR) is 76.1 cm³/mol. The maximum Gasteiger partial charge on any atom is 0.0573 e. The van der Waals surface area contributed by atoms with Crippen LogP contribution in [0.1, 0.15) is 38.5 Å². The van der Waals surface area contributed by atoms with Gasteiger partial charge in [-0.2, -0.15) is 0 Å². The lowest BCUT2D eigenvalue weighted by Crippen LogP contribution is -2.29. The zero-order chi connectivity index (χ0) is 12.4. The zero-order valence-corrected chi connectivity index (χ0v) is 11.3. The summed E-state index contributed by atoms with van der Waals surface area (Å²) in [5.41, 5.74) is 3.01. The van der Waals surface area contributed by atoms with Crippen molar-refractivity contribution in [1.82, 2.24) is 4.98 Å². The SMILES string of the molecule is CNc1cncc(N2CCC3(CCCCC3)C2)c1. The van der Waals surface area contributed by atoms with Gasteiger partial charge in [0.15, 0.2) is 0 Å². The number of anilines is 2. The lowest BCUT2D eigenvalue weighted by atomic mass is 9.73. The maximum atomic E-state index is 4.33. The summed E-state index contributed by atoms with van der Waals surface area (Å²) < 4.78 is 0. The molecule has 2 heterocycles. The number of aromatic nitrogens is 1. The Bertz CT molecular complexity index is 410. The highest BCUT2D eigenvalue weighted by molar-refractivity contribution is 5.56. The van der Waals surface area contributed by atoms with Crippen LogP contribution in [0.25, 0.3) is 0 Å². The standard InChI is InChI=1S/C15H23N3/c1-16-13-9-14(11-17-10-13)18-8-7-15(12-18)5-3-2-4-6-15/h9-11,16H,2-8,12H2,1H3. The van der Waals surface area contributed by atoms with E-state index < -0.39 is 0 Å². The van der Waals surface area contributed by atoms with Gasteiger partial charge in [-0.25, -0.2) is 0 Å². The summed E-state index contributed by atoms with van der Waals surface area (Å²) in [7, 11) is 1.95. The van der Waals surface area contributed by atoms with Gasteiger partial charge < -0.3 is 10.2 Å². The molecule has 18 heavy (non-hydrogen) atoms. The first-order chi connectivity index (χ1) is 8.81. The number of pyridine rings is 1. The molecule has 1 aliphatic heterocycles. The van der Waals surface area contributed by atoms with E-state index in [4.69, 9.17) is 0 Å². The fourth-order valence-electron chi connectivity index (χ4n) is 3.60. The van der Waals surface area contributed by atoms with Gasteiger partial charge in [0.1, 0.15) is 0 Å². The van der Waals surface area contributed by atoms with Gasteiger partial charge in [-0.05, 0) is 30.7 Å². The Labute approximate surface area is 110 Å². The molecule has 1 saturated heterocycles. The van der Waals surface area contributed by atoms with Gasteiger partial charge in [0.25, 0.3) is 0 Å². The Hall–Kier alpha value is -1.25. The molecule has 0 aromatic carbocycles. The van der Waals surface area contributed by atoms with Gasteiger partial charge in [0, 0.05) is 20.1 Å². The van der Waals surface area contributed by atoms with Gasteiger partial charge in [-0.15, -0.1) is 0 Å². The van der Waals surface area contributed by atoms with Crippen LogP contribution in [-0.4, -0.2) is 25.1 Å². The van der Waals surface area contributed by atoms with Crippen molar-refractivity contribution in [3.8, 4) is 0 Å². The average Bonchev–Trinajstić information content (AvgIpc) is 2.83. The molecule has 3 rings (SSSR count). The van der Waals surface area contributed by atoms with Crippen LogP contribution in [0.15, 0.2) is 18.5 Å². The summed E-state index contributed by atoms with van der Waals surface area (Å²) in [5, 5.41) is 3.17. The second-order valence-corrected chi connectivity index (χ2v) is 5.91. The first-order valence-electron chi connectivity index (χ1n) is 7.19. The molecule has 1 aromatic rings. The minimum absolute atomic E-state index is 0.619. The van der Waals surface area contributed by atoms with E-state index in [0.29, 0.717) is 5.41 Å². The Morgan fingerprint density at radius 3 is 2.78 bits per heavy atom. The summed E-state index contributed by atoms with van der Waals surface area (Å²) in [5.74, 6) is 0. The van der Waals surface area contributed by atoms with E-state index in [-0.39, 0.29) is 0 Å². The first-order valence-corrected chi connectivity index (χ1v) is 7.19. The third-order valence-electron chi connectivity index (χ3n) is 4.73. The molecule has 0 atom stereocenters. The van der Waals surface area contributed by atoms with Crippen molar-refractivity contribution in [1.29, 1.82) is 0 Å². The minimum Gasteiger partial charge on any atom is -0.387 e. The smallest absolute Gasteiger partial charge is 0.0573 e. The van der Waals surface area contributed by atoms with Gasteiger partial charge in [0.2, 0.25) is 0 Å². The van der Waals surface area contributed by atoms with Crippen molar-refractivity contribution in [3.63, 3.8) is 0 Å². The summed E-state index contributed by atoms with van der Waals surface area (Å²) in [6.45, 7) is 2.44. The molecule has 98 valence electrons. The molecule has 0 radical (unpaired) electrons. The van der Waals surface area contributed by atoms with Crippen molar-refractivity contribution in [2.24, 2.45) is 5.41 Å². The normalized spacial score (nSPS) is 22.4. The van der Waals surface area contributed by atoms with Crippen molar-refractivity contribution in [3.05, 3.63) is 18.5 Å². The van der Waals surface area contributed by atoms with Crippen LogP contribution in [0.3, 0.4) is 0 Å². The summed E-state index contributed by atoms with van der Waals surface area (Å²) in [4.78, 5) is 6.86. The lowest BCUT2D eigenvalue weighted by molar-refractivity contribution is 0.219. The monoisotopic (exact) mass is 245 g/mol. The van der Waals surface area contributed by atoms with Gasteiger partial charge in [-0.1, -0.05) is 19.3 Å². The van der Waals surface area contributed by atoms with E-state index in [9.17, 15) is 0 Å². The van der Waals surface area contributed by atoms with E-state index in [2.05, 4.69) is 21.3 Å². The summed E-state index contributed by atoms with van der Waals surface area (Å²) in [6, 6.07) is 2.22. The highest BCUT2D eigenvalue weighted by Crippen LogP contribution is 2.44. The molecule has 0 amide bonds. The number of hydrogen-bond acceptors (Lipinski definition) is 3. The minimum atomic E-state index is 0.619. The van der Waals surface area contributed by atoms with E-state index in [1.54, 1.807) is 0 Å². The molecular weight excluding hydrogens is 222 g/mol. The Balaban J connectivity index is 1.74. The van der Waals surface area contributed by atoms with Crippen LogP contribution in [0, 0.1) is 5.41 Å². The number of rotatable bonds is 2. The van der Waals surface area contributed by atoms with E-state index in [1.165, 1.54) is 57.3 Å². The van der Waals surface area contributed by atoms with E-state index in [1.807, 2.05) is 19.4 Å². The molecule has 1 aromatic heterocycles. The molecule has 1 N–H and O–H groups in total. The van der Waals surface area contributed by atoms with Crippen LogP contribution in [0.4, 0.5) is 11.4 Å². The highest BCUT2D eigenvalue weighted by atomic mass is 15.2. The van der Waals surface area contributed by atoms with E-state index >= 15 is 0 Å². The number of nitrogens with zero attached hydrogens (tertiary/aromatic N) is 2. The fourth-order valence-corrected chi connectivity index (χ4v) is 3.60. The second kappa shape index (κ2) is 4.79. The average molecular weight is 245 g/mol. The number of nitrogens with one attached hydrogen (secondary N) is 1. The molecule has 0 bridgehead atoms. The molecule has 1 spiro atoms. The van der Waals surface area contributed by atoms with Crippen LogP contribution in [0.2, 0.25) is 0 Å². The van der Waals surface area contributed by atoms with E-state index in [0.717, 1.165) is 5.69 Å². The van der Waals surface area contributed by atoms with Gasteiger partial charge >= 0.3 is 0 Å². The van der Waals surface area contributed by atoms with Crippen molar-refractivity contribution in [2.45, 2.75) is 38.5 Å². The third-order valence-corrected chi connectivity index (χ3v) is 4.73. The Morgan fingerprint density at radius 2 is 2.00 bits per heavy atom.